The fourth-order valence-electron chi connectivity index (χ4n) is 3.72. The van der Waals surface area contributed by atoms with Gasteiger partial charge in [-0.1, -0.05) is 0 Å². The molecule has 1 fully saturated rings. The molecule has 1 amide bonds. The molecule has 2 aliphatic rings. The number of rotatable bonds is 5. The lowest BCUT2D eigenvalue weighted by atomic mass is 10.1. The summed E-state index contributed by atoms with van der Waals surface area (Å²) in [5.41, 5.74) is 2.08. The highest BCUT2D eigenvalue weighted by molar-refractivity contribution is 7.14. The number of hydrogen-bond acceptors (Lipinski definition) is 9. The summed E-state index contributed by atoms with van der Waals surface area (Å²) in [6, 6.07) is 10.1. The molecule has 3 heterocycles. The van der Waals surface area contributed by atoms with Gasteiger partial charge >= 0.3 is 0 Å². The number of aromatic nitrogens is 1. The number of morpholine rings is 1. The van der Waals surface area contributed by atoms with Crippen LogP contribution in [0.15, 0.2) is 41.8 Å². The van der Waals surface area contributed by atoms with Gasteiger partial charge in [-0.3, -0.25) is 20.2 Å². The van der Waals surface area contributed by atoms with Crippen LogP contribution in [-0.2, 0) is 4.74 Å². The number of hydrogen-bond donors (Lipinski definition) is 1. The standard InChI is InChI=1S/C22H20N4O6S/c27-21(15-1-3-17(18(11-15)26(28)29)25-5-7-30-8-6-25)24-22-23-16(13-33-22)14-2-4-19-20(12-14)32-10-9-31-19/h1-4,11-13H,5-10H2,(H,23,24,27). The first-order chi connectivity index (χ1) is 16.1. The number of carbonyl (C=O) groups excluding carboxylic acids is 1. The second-order valence-corrected chi connectivity index (χ2v) is 8.27. The summed E-state index contributed by atoms with van der Waals surface area (Å²) in [6.45, 7) is 3.16. The van der Waals surface area contributed by atoms with Crippen molar-refractivity contribution < 1.29 is 23.9 Å². The van der Waals surface area contributed by atoms with Gasteiger partial charge in [-0.15, -0.1) is 11.3 Å². The van der Waals surface area contributed by atoms with Crippen molar-refractivity contribution in [3.8, 4) is 22.8 Å². The van der Waals surface area contributed by atoms with E-state index in [1.54, 1.807) is 12.1 Å². The Morgan fingerprint density at radius 3 is 2.64 bits per heavy atom. The summed E-state index contributed by atoms with van der Waals surface area (Å²) >= 11 is 1.27. The maximum Gasteiger partial charge on any atom is 0.293 e. The minimum Gasteiger partial charge on any atom is -0.486 e. The van der Waals surface area contributed by atoms with Gasteiger partial charge in [0.05, 0.1) is 23.8 Å². The molecular weight excluding hydrogens is 448 g/mol. The topological polar surface area (TPSA) is 116 Å². The van der Waals surface area contributed by atoms with Crippen LogP contribution < -0.4 is 19.7 Å². The number of amides is 1. The molecule has 11 heteroatoms. The molecule has 5 rings (SSSR count). The predicted molar refractivity (Wildman–Crippen MR) is 123 cm³/mol. The van der Waals surface area contributed by atoms with E-state index in [0.29, 0.717) is 67.5 Å². The van der Waals surface area contributed by atoms with E-state index >= 15 is 0 Å². The Bertz CT molecular complexity index is 1210. The molecule has 1 N–H and O–H groups in total. The predicted octanol–water partition coefficient (Wildman–Crippen LogP) is 3.58. The Balaban J connectivity index is 1.33. The third-order valence-corrected chi connectivity index (χ3v) is 6.11. The zero-order valence-corrected chi connectivity index (χ0v) is 18.3. The van der Waals surface area contributed by atoms with Crippen molar-refractivity contribution in [1.29, 1.82) is 0 Å². The van der Waals surface area contributed by atoms with E-state index in [4.69, 9.17) is 14.2 Å². The van der Waals surface area contributed by atoms with Crippen LogP contribution in [0.3, 0.4) is 0 Å². The van der Waals surface area contributed by atoms with Crippen LogP contribution in [0.5, 0.6) is 11.5 Å². The van der Waals surface area contributed by atoms with Gasteiger partial charge in [0.25, 0.3) is 11.6 Å². The lowest BCUT2D eigenvalue weighted by molar-refractivity contribution is -0.384. The number of nitro groups is 1. The molecule has 0 bridgehead atoms. The maximum atomic E-state index is 12.8. The number of benzene rings is 2. The summed E-state index contributed by atoms with van der Waals surface area (Å²) in [5, 5.41) is 16.6. The first kappa shape index (κ1) is 21.2. The number of fused-ring (bicyclic) bond motifs is 1. The average molecular weight is 468 g/mol. The highest BCUT2D eigenvalue weighted by Gasteiger charge is 2.24. The minimum absolute atomic E-state index is 0.111. The van der Waals surface area contributed by atoms with E-state index < -0.39 is 10.8 Å². The summed E-state index contributed by atoms with van der Waals surface area (Å²) in [4.78, 5) is 30.3. The van der Waals surface area contributed by atoms with Crippen molar-refractivity contribution >= 4 is 33.8 Å². The number of nitrogens with zero attached hydrogens (tertiary/aromatic N) is 3. The summed E-state index contributed by atoms with van der Waals surface area (Å²) < 4.78 is 16.5. The molecule has 33 heavy (non-hydrogen) atoms. The van der Waals surface area contributed by atoms with Crippen molar-refractivity contribution in [2.75, 3.05) is 49.7 Å². The monoisotopic (exact) mass is 468 g/mol. The lowest BCUT2D eigenvalue weighted by Gasteiger charge is -2.28. The highest BCUT2D eigenvalue weighted by Crippen LogP contribution is 2.35. The third kappa shape index (κ3) is 4.45. The third-order valence-electron chi connectivity index (χ3n) is 5.35. The SMILES string of the molecule is O=C(Nc1nc(-c2ccc3c(c2)OCCO3)cs1)c1ccc(N2CCOCC2)c([N+](=O)[O-])c1. The van der Waals surface area contributed by atoms with Gasteiger partial charge in [0.15, 0.2) is 16.6 Å². The quantitative estimate of drug-likeness (QED) is 0.446. The molecule has 2 aromatic carbocycles. The number of nitrogens with one attached hydrogen (secondary N) is 1. The molecule has 0 spiro atoms. The fourth-order valence-corrected chi connectivity index (χ4v) is 4.43. The van der Waals surface area contributed by atoms with Crippen LogP contribution in [0.25, 0.3) is 11.3 Å². The van der Waals surface area contributed by atoms with Crippen molar-refractivity contribution in [2.24, 2.45) is 0 Å². The van der Waals surface area contributed by atoms with Gasteiger partial charge in [0, 0.05) is 35.7 Å². The first-order valence-electron chi connectivity index (χ1n) is 10.4. The van der Waals surface area contributed by atoms with E-state index in [-0.39, 0.29) is 11.3 Å². The molecule has 0 saturated carbocycles. The van der Waals surface area contributed by atoms with Crippen LogP contribution in [0.4, 0.5) is 16.5 Å². The molecule has 170 valence electrons. The van der Waals surface area contributed by atoms with Gasteiger partial charge < -0.3 is 19.1 Å². The Morgan fingerprint density at radius 1 is 1.06 bits per heavy atom. The van der Waals surface area contributed by atoms with Gasteiger partial charge in [-0.25, -0.2) is 4.98 Å². The Hall–Kier alpha value is -3.70. The normalized spacial score (nSPS) is 15.2. The number of ether oxygens (including phenoxy) is 3. The van der Waals surface area contributed by atoms with E-state index in [0.717, 1.165) is 5.56 Å². The largest absolute Gasteiger partial charge is 0.486 e. The molecular formula is C22H20N4O6S. The molecule has 10 nitrogen and oxygen atoms in total. The zero-order valence-electron chi connectivity index (χ0n) is 17.5. The zero-order chi connectivity index (χ0) is 22.8. The van der Waals surface area contributed by atoms with Crippen molar-refractivity contribution in [3.05, 3.63) is 57.5 Å². The number of nitro benzene ring substituents is 1. The van der Waals surface area contributed by atoms with Gasteiger partial charge in [-0.05, 0) is 30.3 Å². The van der Waals surface area contributed by atoms with Crippen LogP contribution in [0, 0.1) is 10.1 Å². The molecule has 1 aromatic heterocycles. The van der Waals surface area contributed by atoms with Crippen LogP contribution >= 0.6 is 11.3 Å². The molecule has 3 aromatic rings. The van der Waals surface area contributed by atoms with Crippen LogP contribution in [0.2, 0.25) is 0 Å². The van der Waals surface area contributed by atoms with E-state index in [1.165, 1.54) is 17.4 Å². The molecule has 2 aliphatic heterocycles. The van der Waals surface area contributed by atoms with Crippen LogP contribution in [0.1, 0.15) is 10.4 Å². The first-order valence-corrected chi connectivity index (χ1v) is 11.2. The smallest absolute Gasteiger partial charge is 0.293 e. The lowest BCUT2D eigenvalue weighted by Crippen LogP contribution is -2.36. The molecule has 0 atom stereocenters. The second-order valence-electron chi connectivity index (χ2n) is 7.41. The molecule has 0 aliphatic carbocycles. The summed E-state index contributed by atoms with van der Waals surface area (Å²) in [6.07, 6.45) is 0. The van der Waals surface area contributed by atoms with Gasteiger partial charge in [0.1, 0.15) is 18.9 Å². The van der Waals surface area contributed by atoms with E-state index in [1.807, 2.05) is 28.5 Å². The molecule has 0 unspecified atom stereocenters. The van der Waals surface area contributed by atoms with Gasteiger partial charge in [0.2, 0.25) is 0 Å². The number of thiazole rings is 1. The van der Waals surface area contributed by atoms with E-state index in [2.05, 4.69) is 10.3 Å². The Morgan fingerprint density at radius 2 is 1.85 bits per heavy atom. The number of anilines is 2. The average Bonchev–Trinajstić information content (AvgIpc) is 3.32. The Kier molecular flexibility index (Phi) is 5.80. The van der Waals surface area contributed by atoms with Gasteiger partial charge in [-0.2, -0.15) is 0 Å². The van der Waals surface area contributed by atoms with Crippen LogP contribution in [-0.4, -0.2) is 55.3 Å². The van der Waals surface area contributed by atoms with Crippen molar-refractivity contribution in [3.63, 3.8) is 0 Å². The highest BCUT2D eigenvalue weighted by atomic mass is 32.1. The number of carbonyl (C=O) groups is 1. The fraction of sp³-hybridized carbons (Fsp3) is 0.273. The summed E-state index contributed by atoms with van der Waals surface area (Å²) in [5.74, 6) is 0.885. The Labute approximate surface area is 192 Å². The maximum absolute atomic E-state index is 12.8. The van der Waals surface area contributed by atoms with Crippen molar-refractivity contribution in [1.82, 2.24) is 4.98 Å². The van der Waals surface area contributed by atoms with E-state index in [9.17, 15) is 14.9 Å². The molecule has 1 saturated heterocycles. The minimum atomic E-state index is -0.467. The van der Waals surface area contributed by atoms with Crippen molar-refractivity contribution in [2.45, 2.75) is 0 Å². The molecule has 0 radical (unpaired) electrons. The second kappa shape index (κ2) is 9.04. The summed E-state index contributed by atoms with van der Waals surface area (Å²) in [7, 11) is 0.